The lowest BCUT2D eigenvalue weighted by Gasteiger charge is -2.10. The first-order valence-corrected chi connectivity index (χ1v) is 5.89. The lowest BCUT2D eigenvalue weighted by atomic mass is 10.2. The topological polar surface area (TPSA) is 59.4 Å². The van der Waals surface area contributed by atoms with Crippen molar-refractivity contribution in [3.8, 4) is 11.6 Å². The minimum atomic E-state index is -4.55. The molecule has 1 aromatic heterocycles. The van der Waals surface area contributed by atoms with E-state index in [1.54, 1.807) is 0 Å². The Bertz CT molecular complexity index is 689. The second-order valence-corrected chi connectivity index (χ2v) is 4.36. The van der Waals surface area contributed by atoms with Gasteiger partial charge in [0.1, 0.15) is 11.3 Å². The molecule has 0 saturated heterocycles. The normalized spacial score (nSPS) is 11.2. The zero-order valence-electron chi connectivity index (χ0n) is 10.2. The highest BCUT2D eigenvalue weighted by molar-refractivity contribution is 6.30. The van der Waals surface area contributed by atoms with Crippen molar-refractivity contribution in [2.75, 3.05) is 0 Å². The van der Waals surface area contributed by atoms with Crippen LogP contribution >= 0.6 is 11.6 Å². The molecule has 2 rings (SSSR count). The number of carbonyl (C=O) groups is 1. The predicted molar refractivity (Wildman–Crippen MR) is 67.7 cm³/mol. The quantitative estimate of drug-likeness (QED) is 0.919. The smallest absolute Gasteiger partial charge is 0.416 e. The summed E-state index contributed by atoms with van der Waals surface area (Å²) in [6.45, 7) is 0. The van der Waals surface area contributed by atoms with E-state index in [1.807, 2.05) is 0 Å². The highest BCUT2D eigenvalue weighted by Gasteiger charge is 2.31. The number of benzene rings is 1. The van der Waals surface area contributed by atoms with Gasteiger partial charge in [-0.3, -0.25) is 0 Å². The first-order chi connectivity index (χ1) is 9.77. The lowest BCUT2D eigenvalue weighted by Crippen LogP contribution is -2.06. The van der Waals surface area contributed by atoms with E-state index < -0.39 is 17.7 Å². The first kappa shape index (κ1) is 15.1. The molecule has 1 N–H and O–H groups in total. The monoisotopic (exact) mass is 317 g/mol. The van der Waals surface area contributed by atoms with Crippen LogP contribution in [0.1, 0.15) is 15.9 Å². The number of ether oxygens (including phenoxy) is 1. The van der Waals surface area contributed by atoms with Crippen LogP contribution in [0.5, 0.6) is 11.6 Å². The molecule has 0 fully saturated rings. The van der Waals surface area contributed by atoms with Gasteiger partial charge in [0, 0.05) is 23.4 Å². The van der Waals surface area contributed by atoms with E-state index in [0.29, 0.717) is 6.07 Å². The van der Waals surface area contributed by atoms with Crippen LogP contribution < -0.4 is 4.74 Å². The Morgan fingerprint density at radius 1 is 1.24 bits per heavy atom. The Hall–Kier alpha value is -2.28. The van der Waals surface area contributed by atoms with Gasteiger partial charge in [0.2, 0.25) is 5.88 Å². The molecular weight excluding hydrogens is 311 g/mol. The number of hydrogen-bond donors (Lipinski definition) is 1. The van der Waals surface area contributed by atoms with Gasteiger partial charge in [-0.15, -0.1) is 0 Å². The van der Waals surface area contributed by atoms with Crippen molar-refractivity contribution < 1.29 is 27.8 Å². The van der Waals surface area contributed by atoms with Crippen LogP contribution in [0.3, 0.4) is 0 Å². The van der Waals surface area contributed by atoms with Gasteiger partial charge in [-0.05, 0) is 18.2 Å². The summed E-state index contributed by atoms with van der Waals surface area (Å²) in [6, 6.07) is 5.16. The zero-order valence-corrected chi connectivity index (χ0v) is 10.9. The van der Waals surface area contributed by atoms with Crippen molar-refractivity contribution in [3.05, 3.63) is 52.7 Å². The molecule has 0 atom stereocenters. The molecule has 2 aromatic rings. The standard InChI is InChI=1S/C13H7ClF3NO3/c14-8-1-2-9(12(19)20)10(6-8)21-11-5-7(3-4-18-11)13(15,16)17/h1-6H,(H,19,20). The fourth-order valence-electron chi connectivity index (χ4n) is 1.51. The summed E-state index contributed by atoms with van der Waals surface area (Å²) in [5, 5.41) is 9.18. The molecule has 0 amide bonds. The van der Waals surface area contributed by atoms with E-state index in [9.17, 15) is 18.0 Å². The predicted octanol–water partition coefficient (Wildman–Crippen LogP) is 4.24. The third kappa shape index (κ3) is 3.63. The van der Waals surface area contributed by atoms with E-state index in [2.05, 4.69) is 4.98 Å². The average Bonchev–Trinajstić information content (AvgIpc) is 2.37. The van der Waals surface area contributed by atoms with Crippen molar-refractivity contribution in [2.45, 2.75) is 6.18 Å². The number of aromatic carboxylic acids is 1. The summed E-state index contributed by atoms with van der Waals surface area (Å²) in [4.78, 5) is 14.6. The maximum atomic E-state index is 12.6. The minimum absolute atomic E-state index is 0.182. The molecule has 0 bridgehead atoms. The van der Waals surface area contributed by atoms with E-state index >= 15 is 0 Å². The fourth-order valence-corrected chi connectivity index (χ4v) is 1.67. The van der Waals surface area contributed by atoms with Crippen LogP contribution in [-0.4, -0.2) is 16.1 Å². The Morgan fingerprint density at radius 2 is 1.95 bits per heavy atom. The Balaban J connectivity index is 2.39. The zero-order chi connectivity index (χ0) is 15.6. The molecule has 0 aliphatic heterocycles. The number of rotatable bonds is 3. The van der Waals surface area contributed by atoms with E-state index in [0.717, 1.165) is 12.3 Å². The number of nitrogens with zero attached hydrogens (tertiary/aromatic N) is 1. The Kier molecular flexibility index (Phi) is 4.04. The van der Waals surface area contributed by atoms with Crippen LogP contribution in [0.25, 0.3) is 0 Å². The Morgan fingerprint density at radius 3 is 2.57 bits per heavy atom. The number of pyridine rings is 1. The summed E-state index contributed by atoms with van der Waals surface area (Å²) in [5.74, 6) is -1.87. The summed E-state index contributed by atoms with van der Waals surface area (Å²) >= 11 is 5.72. The number of aromatic nitrogens is 1. The summed E-state index contributed by atoms with van der Waals surface area (Å²) in [6.07, 6.45) is -3.63. The highest BCUT2D eigenvalue weighted by Crippen LogP contribution is 2.33. The average molecular weight is 318 g/mol. The van der Waals surface area contributed by atoms with Crippen LogP contribution in [0.2, 0.25) is 5.02 Å². The van der Waals surface area contributed by atoms with Gasteiger partial charge in [-0.2, -0.15) is 13.2 Å². The van der Waals surface area contributed by atoms with Crippen LogP contribution in [-0.2, 0) is 6.18 Å². The summed E-state index contributed by atoms with van der Waals surface area (Å²) in [5.41, 5.74) is -1.19. The van der Waals surface area contributed by atoms with Gasteiger partial charge in [-0.25, -0.2) is 9.78 Å². The molecule has 4 nitrogen and oxygen atoms in total. The third-order valence-electron chi connectivity index (χ3n) is 2.45. The molecular formula is C13H7ClF3NO3. The Labute approximate surface area is 121 Å². The molecule has 0 spiro atoms. The van der Waals surface area contributed by atoms with Gasteiger partial charge in [0.15, 0.2) is 0 Å². The molecule has 0 unspecified atom stereocenters. The molecule has 1 aromatic carbocycles. The van der Waals surface area contributed by atoms with Gasteiger partial charge in [0.25, 0.3) is 0 Å². The van der Waals surface area contributed by atoms with Gasteiger partial charge < -0.3 is 9.84 Å². The lowest BCUT2D eigenvalue weighted by molar-refractivity contribution is -0.137. The number of hydrogen-bond acceptors (Lipinski definition) is 3. The molecule has 1 heterocycles. The van der Waals surface area contributed by atoms with Gasteiger partial charge >= 0.3 is 12.1 Å². The SMILES string of the molecule is O=C(O)c1ccc(Cl)cc1Oc1cc(C(F)(F)F)ccn1. The number of carboxylic acid groups (broad SMARTS) is 1. The molecule has 0 radical (unpaired) electrons. The minimum Gasteiger partial charge on any atom is -0.478 e. The molecule has 21 heavy (non-hydrogen) atoms. The van der Waals surface area contributed by atoms with Crippen LogP contribution in [0.15, 0.2) is 36.5 Å². The first-order valence-electron chi connectivity index (χ1n) is 5.51. The van der Waals surface area contributed by atoms with E-state index in [-0.39, 0.29) is 22.2 Å². The number of carboxylic acids is 1. The molecule has 0 aliphatic carbocycles. The second-order valence-electron chi connectivity index (χ2n) is 3.93. The van der Waals surface area contributed by atoms with Crippen LogP contribution in [0, 0.1) is 0 Å². The van der Waals surface area contributed by atoms with E-state index in [1.165, 1.54) is 18.2 Å². The van der Waals surface area contributed by atoms with Crippen molar-refractivity contribution in [1.29, 1.82) is 0 Å². The third-order valence-corrected chi connectivity index (χ3v) is 2.69. The summed E-state index contributed by atoms with van der Waals surface area (Å²) in [7, 11) is 0. The largest absolute Gasteiger partial charge is 0.478 e. The molecule has 0 aliphatic rings. The number of alkyl halides is 3. The fraction of sp³-hybridized carbons (Fsp3) is 0.0769. The molecule has 0 saturated carbocycles. The van der Waals surface area contributed by atoms with Crippen molar-refractivity contribution in [1.82, 2.24) is 4.98 Å². The van der Waals surface area contributed by atoms with Crippen molar-refractivity contribution >= 4 is 17.6 Å². The molecule has 8 heteroatoms. The van der Waals surface area contributed by atoms with Gasteiger partial charge in [0.05, 0.1) is 5.56 Å². The second kappa shape index (κ2) is 5.61. The van der Waals surface area contributed by atoms with E-state index in [4.69, 9.17) is 21.4 Å². The molecule has 110 valence electrons. The maximum absolute atomic E-state index is 12.6. The maximum Gasteiger partial charge on any atom is 0.416 e. The van der Waals surface area contributed by atoms with Crippen molar-refractivity contribution in [3.63, 3.8) is 0 Å². The van der Waals surface area contributed by atoms with Gasteiger partial charge in [-0.1, -0.05) is 11.6 Å². The van der Waals surface area contributed by atoms with Crippen molar-refractivity contribution in [2.24, 2.45) is 0 Å². The number of halogens is 4. The highest BCUT2D eigenvalue weighted by atomic mass is 35.5. The summed E-state index contributed by atoms with van der Waals surface area (Å²) < 4.78 is 42.9. The van der Waals surface area contributed by atoms with Crippen LogP contribution in [0.4, 0.5) is 13.2 Å².